The predicted molar refractivity (Wildman–Crippen MR) is 59.5 cm³/mol. The summed E-state index contributed by atoms with van der Waals surface area (Å²) in [5.74, 6) is -0.747. The summed E-state index contributed by atoms with van der Waals surface area (Å²) in [4.78, 5) is 26.6. The Balaban J connectivity index is 2.14. The summed E-state index contributed by atoms with van der Waals surface area (Å²) >= 11 is 0. The zero-order valence-electron chi connectivity index (χ0n) is 9.25. The van der Waals surface area contributed by atoms with Gasteiger partial charge in [0, 0.05) is 5.56 Å². The van der Waals surface area contributed by atoms with E-state index < -0.39 is 18.0 Å². The first-order valence-electron chi connectivity index (χ1n) is 5.12. The van der Waals surface area contributed by atoms with Crippen molar-refractivity contribution in [1.82, 2.24) is 0 Å². The van der Waals surface area contributed by atoms with Gasteiger partial charge in [0.05, 0.1) is 13.5 Å². The molecule has 5 nitrogen and oxygen atoms in total. The van der Waals surface area contributed by atoms with Gasteiger partial charge < -0.3 is 9.47 Å². The van der Waals surface area contributed by atoms with Crippen molar-refractivity contribution >= 4 is 17.8 Å². The Bertz CT molecular complexity index is 467. The van der Waals surface area contributed by atoms with Crippen LogP contribution >= 0.6 is 0 Å². The Hall–Kier alpha value is -2.17. The second kappa shape index (κ2) is 4.78. The summed E-state index contributed by atoms with van der Waals surface area (Å²) in [6.45, 7) is 0. The second-order valence-electron chi connectivity index (χ2n) is 3.52. The van der Waals surface area contributed by atoms with Crippen molar-refractivity contribution in [2.45, 2.75) is 12.5 Å². The minimum Gasteiger partial charge on any atom is -0.469 e. The molecule has 1 aromatic carbocycles. The first-order valence-corrected chi connectivity index (χ1v) is 5.12. The number of esters is 2. The number of carbonyl (C=O) groups excluding carboxylic acids is 2. The maximum absolute atomic E-state index is 11.5. The highest BCUT2D eigenvalue weighted by atomic mass is 16.6. The molecule has 0 radical (unpaired) electrons. The summed E-state index contributed by atoms with van der Waals surface area (Å²) in [7, 11) is 1.27. The summed E-state index contributed by atoms with van der Waals surface area (Å²) in [6.07, 6.45) is -0.0916. The Labute approximate surface area is 98.1 Å². The van der Waals surface area contributed by atoms with E-state index in [1.807, 2.05) is 18.2 Å². The van der Waals surface area contributed by atoms with Gasteiger partial charge in [-0.25, -0.2) is 9.79 Å². The van der Waals surface area contributed by atoms with Crippen molar-refractivity contribution in [2.75, 3.05) is 7.11 Å². The van der Waals surface area contributed by atoms with E-state index >= 15 is 0 Å². The molecular weight excluding hydrogens is 222 g/mol. The third-order valence-corrected chi connectivity index (χ3v) is 2.35. The maximum Gasteiger partial charge on any atom is 0.338 e. The largest absolute Gasteiger partial charge is 0.469 e. The molecule has 1 heterocycles. The maximum atomic E-state index is 11.5. The van der Waals surface area contributed by atoms with E-state index in [1.54, 1.807) is 12.1 Å². The van der Waals surface area contributed by atoms with Gasteiger partial charge in [-0.1, -0.05) is 18.2 Å². The summed E-state index contributed by atoms with van der Waals surface area (Å²) in [5, 5.41) is 0. The Morgan fingerprint density at radius 1 is 1.41 bits per heavy atom. The molecule has 1 unspecified atom stereocenters. The predicted octanol–water partition coefficient (Wildman–Crippen LogP) is 0.922. The quantitative estimate of drug-likeness (QED) is 0.728. The van der Waals surface area contributed by atoms with E-state index in [2.05, 4.69) is 9.73 Å². The number of hydrogen-bond acceptors (Lipinski definition) is 5. The van der Waals surface area contributed by atoms with Crippen LogP contribution in [0, 0.1) is 0 Å². The topological polar surface area (TPSA) is 65.0 Å². The second-order valence-corrected chi connectivity index (χ2v) is 3.52. The molecule has 0 amide bonds. The van der Waals surface area contributed by atoms with Crippen molar-refractivity contribution in [2.24, 2.45) is 4.99 Å². The van der Waals surface area contributed by atoms with Crippen LogP contribution in [0.4, 0.5) is 0 Å². The zero-order chi connectivity index (χ0) is 12.3. The van der Waals surface area contributed by atoms with Crippen LogP contribution in [0.15, 0.2) is 35.3 Å². The molecule has 1 aliphatic heterocycles. The Kier molecular flexibility index (Phi) is 3.18. The fourth-order valence-corrected chi connectivity index (χ4v) is 1.47. The normalized spacial score (nSPS) is 18.5. The third kappa shape index (κ3) is 2.50. The molecule has 0 aliphatic carbocycles. The SMILES string of the molecule is COC(=O)CC1N=C(c2ccccc2)OC1=O. The lowest BCUT2D eigenvalue weighted by Gasteiger charge is -2.00. The molecule has 1 atom stereocenters. The molecule has 88 valence electrons. The molecule has 0 spiro atoms. The minimum atomic E-state index is -0.794. The monoisotopic (exact) mass is 233 g/mol. The number of rotatable bonds is 3. The number of hydrogen-bond donors (Lipinski definition) is 0. The van der Waals surface area contributed by atoms with Gasteiger partial charge >= 0.3 is 11.9 Å². The van der Waals surface area contributed by atoms with Crippen LogP contribution in [-0.4, -0.2) is 31.0 Å². The summed E-state index contributed by atoms with van der Waals surface area (Å²) < 4.78 is 9.49. The van der Waals surface area contributed by atoms with E-state index in [0.29, 0.717) is 5.56 Å². The van der Waals surface area contributed by atoms with E-state index in [9.17, 15) is 9.59 Å². The number of aliphatic imine (C=N–C) groups is 1. The van der Waals surface area contributed by atoms with Crippen LogP contribution in [-0.2, 0) is 19.1 Å². The number of carbonyl (C=O) groups is 2. The van der Waals surface area contributed by atoms with E-state index in [0.717, 1.165) is 0 Å². The minimum absolute atomic E-state index is 0.0916. The van der Waals surface area contributed by atoms with Crippen molar-refractivity contribution in [1.29, 1.82) is 0 Å². The smallest absolute Gasteiger partial charge is 0.338 e. The van der Waals surface area contributed by atoms with E-state index in [1.165, 1.54) is 7.11 Å². The van der Waals surface area contributed by atoms with Gasteiger partial charge in [0.25, 0.3) is 0 Å². The van der Waals surface area contributed by atoms with Crippen LogP contribution in [0.2, 0.25) is 0 Å². The van der Waals surface area contributed by atoms with E-state index in [-0.39, 0.29) is 12.3 Å². The van der Waals surface area contributed by atoms with E-state index in [4.69, 9.17) is 4.74 Å². The fourth-order valence-electron chi connectivity index (χ4n) is 1.47. The number of methoxy groups -OCH3 is 1. The number of ether oxygens (including phenoxy) is 2. The zero-order valence-corrected chi connectivity index (χ0v) is 9.25. The van der Waals surface area contributed by atoms with Crippen LogP contribution in [0.5, 0.6) is 0 Å². The average Bonchev–Trinajstić information content (AvgIpc) is 2.72. The lowest BCUT2D eigenvalue weighted by molar-refractivity contribution is -0.145. The van der Waals surface area contributed by atoms with Crippen molar-refractivity contribution in [3.05, 3.63) is 35.9 Å². The van der Waals surface area contributed by atoms with Gasteiger partial charge in [-0.2, -0.15) is 0 Å². The van der Waals surface area contributed by atoms with Crippen LogP contribution in [0.1, 0.15) is 12.0 Å². The molecular formula is C12H11NO4. The van der Waals surface area contributed by atoms with Crippen molar-refractivity contribution < 1.29 is 19.1 Å². The van der Waals surface area contributed by atoms with Gasteiger partial charge in [-0.05, 0) is 12.1 Å². The number of benzene rings is 1. The molecule has 0 saturated heterocycles. The van der Waals surface area contributed by atoms with Crippen LogP contribution < -0.4 is 0 Å². The highest BCUT2D eigenvalue weighted by molar-refractivity contribution is 6.06. The van der Waals surface area contributed by atoms with Gasteiger partial charge in [0.15, 0.2) is 6.04 Å². The molecule has 0 aromatic heterocycles. The van der Waals surface area contributed by atoms with Crippen molar-refractivity contribution in [3.63, 3.8) is 0 Å². The molecule has 0 N–H and O–H groups in total. The molecule has 1 aromatic rings. The molecule has 0 fully saturated rings. The third-order valence-electron chi connectivity index (χ3n) is 2.35. The van der Waals surface area contributed by atoms with Gasteiger partial charge in [0.1, 0.15) is 0 Å². The van der Waals surface area contributed by atoms with Crippen LogP contribution in [0.25, 0.3) is 0 Å². The summed E-state index contributed by atoms with van der Waals surface area (Å²) in [6, 6.07) is 8.27. The highest BCUT2D eigenvalue weighted by Crippen LogP contribution is 2.15. The number of nitrogens with zero attached hydrogens (tertiary/aromatic N) is 1. The number of cyclic esters (lactones) is 1. The standard InChI is InChI=1S/C12H11NO4/c1-16-10(14)7-9-12(15)17-11(13-9)8-5-3-2-4-6-8/h2-6,9H,7H2,1H3. The Morgan fingerprint density at radius 3 is 2.76 bits per heavy atom. The lowest BCUT2D eigenvalue weighted by atomic mass is 10.2. The molecule has 0 bridgehead atoms. The first kappa shape index (κ1) is 11.3. The van der Waals surface area contributed by atoms with Gasteiger partial charge in [-0.3, -0.25) is 4.79 Å². The highest BCUT2D eigenvalue weighted by Gasteiger charge is 2.31. The Morgan fingerprint density at radius 2 is 2.12 bits per heavy atom. The lowest BCUT2D eigenvalue weighted by Crippen LogP contribution is -2.19. The molecule has 1 aliphatic rings. The summed E-state index contributed by atoms with van der Waals surface area (Å²) in [5.41, 5.74) is 0.716. The van der Waals surface area contributed by atoms with Crippen LogP contribution in [0.3, 0.4) is 0 Å². The fraction of sp³-hybridized carbons (Fsp3) is 0.250. The first-order chi connectivity index (χ1) is 8.20. The molecule has 2 rings (SSSR count). The molecule has 0 saturated carbocycles. The van der Waals surface area contributed by atoms with Gasteiger partial charge in [-0.15, -0.1) is 0 Å². The van der Waals surface area contributed by atoms with Gasteiger partial charge in [0.2, 0.25) is 5.90 Å². The molecule has 5 heteroatoms. The molecule has 17 heavy (non-hydrogen) atoms. The van der Waals surface area contributed by atoms with Crippen molar-refractivity contribution in [3.8, 4) is 0 Å². The average molecular weight is 233 g/mol.